The molecule has 0 aliphatic heterocycles. The van der Waals surface area contributed by atoms with Crippen LogP contribution in [0.3, 0.4) is 0 Å². The number of esters is 1. The fraction of sp³-hybridized carbons (Fsp3) is 0.286. The highest BCUT2D eigenvalue weighted by molar-refractivity contribution is 5.89. The van der Waals surface area contributed by atoms with Crippen molar-refractivity contribution in [2.24, 2.45) is 5.10 Å². The van der Waals surface area contributed by atoms with E-state index in [-0.39, 0.29) is 5.97 Å². The van der Waals surface area contributed by atoms with Gasteiger partial charge in [0.05, 0.1) is 19.2 Å². The Balaban J connectivity index is 2.12. The van der Waals surface area contributed by atoms with Gasteiger partial charge in [-0.25, -0.2) is 0 Å². The summed E-state index contributed by atoms with van der Waals surface area (Å²) in [4.78, 5) is 11.4. The summed E-state index contributed by atoms with van der Waals surface area (Å²) in [5.74, 6) is -0.188. The van der Waals surface area contributed by atoms with Gasteiger partial charge in [-0.05, 0) is 30.7 Å². The highest BCUT2D eigenvalue weighted by atomic mass is 16.5. The van der Waals surface area contributed by atoms with Gasteiger partial charge in [-0.1, -0.05) is 6.07 Å². The predicted octanol–water partition coefficient (Wildman–Crippen LogP) is 1.91. The summed E-state index contributed by atoms with van der Waals surface area (Å²) in [5, 5.41) is 13.0. The van der Waals surface area contributed by atoms with Gasteiger partial charge in [-0.15, -0.1) is 0 Å². The summed E-state index contributed by atoms with van der Waals surface area (Å²) in [5.41, 5.74) is 3.65. The van der Waals surface area contributed by atoms with Crippen LogP contribution in [0.15, 0.2) is 35.6 Å². The maximum atomic E-state index is 11.4. The molecule has 0 amide bonds. The number of nitrogens with zero attached hydrogens (tertiary/aromatic N) is 2. The van der Waals surface area contributed by atoms with Crippen LogP contribution in [0.4, 0.5) is 0 Å². The van der Waals surface area contributed by atoms with E-state index < -0.39 is 0 Å². The molecule has 6 heteroatoms. The quantitative estimate of drug-likeness (QED) is 0.479. The van der Waals surface area contributed by atoms with Crippen LogP contribution in [-0.2, 0) is 16.1 Å². The normalized spacial score (nSPS) is 11.1. The third-order valence-electron chi connectivity index (χ3n) is 2.93. The molecule has 0 saturated carbocycles. The third-order valence-corrected chi connectivity index (χ3v) is 2.93. The number of fused-ring (bicyclic) bond motifs is 1. The Labute approximate surface area is 116 Å². The van der Waals surface area contributed by atoms with Crippen molar-refractivity contribution in [3.8, 4) is 0 Å². The van der Waals surface area contributed by atoms with Gasteiger partial charge >= 0.3 is 5.97 Å². The fourth-order valence-corrected chi connectivity index (χ4v) is 2.04. The van der Waals surface area contributed by atoms with Crippen molar-refractivity contribution in [2.45, 2.75) is 19.9 Å². The van der Waals surface area contributed by atoms with Gasteiger partial charge < -0.3 is 9.30 Å². The van der Waals surface area contributed by atoms with E-state index in [0.717, 1.165) is 16.5 Å². The number of benzene rings is 1. The highest BCUT2D eigenvalue weighted by Crippen LogP contribution is 2.17. The lowest BCUT2D eigenvalue weighted by Crippen LogP contribution is -2.08. The molecule has 0 spiro atoms. The van der Waals surface area contributed by atoms with Crippen LogP contribution < -0.4 is 5.59 Å². The average Bonchev–Trinajstić information content (AvgIpc) is 2.85. The van der Waals surface area contributed by atoms with E-state index in [2.05, 4.69) is 5.10 Å². The maximum absolute atomic E-state index is 11.4. The molecule has 0 bridgehead atoms. The molecule has 2 rings (SSSR count). The Morgan fingerprint density at radius 3 is 3.10 bits per heavy atom. The first-order valence-electron chi connectivity index (χ1n) is 6.41. The molecule has 0 radical (unpaired) electrons. The molecule has 1 heterocycles. The van der Waals surface area contributed by atoms with Crippen molar-refractivity contribution in [3.05, 3.63) is 36.0 Å². The standard InChI is InChI=1S/C14H17N3O3/c1-2-20-14(18)6-8-17-7-5-12-9-11(10-15-16-19)3-4-13(12)17/h3-5,7,9-10,16,19H,2,6,8H2,1H3. The van der Waals surface area contributed by atoms with E-state index in [9.17, 15) is 4.79 Å². The van der Waals surface area contributed by atoms with Crippen LogP contribution in [0.1, 0.15) is 18.9 Å². The smallest absolute Gasteiger partial charge is 0.307 e. The minimum atomic E-state index is -0.188. The maximum Gasteiger partial charge on any atom is 0.307 e. The molecule has 1 aromatic heterocycles. The Kier molecular flexibility index (Phi) is 4.73. The number of carbonyl (C=O) groups is 1. The molecule has 0 unspecified atom stereocenters. The lowest BCUT2D eigenvalue weighted by molar-refractivity contribution is -0.143. The molecule has 0 fully saturated rings. The SMILES string of the molecule is CCOC(=O)CCn1ccc2cc(C=NNO)ccc21. The predicted molar refractivity (Wildman–Crippen MR) is 75.7 cm³/mol. The number of carbonyl (C=O) groups excluding carboxylic acids is 1. The Morgan fingerprint density at radius 1 is 1.50 bits per heavy atom. The van der Waals surface area contributed by atoms with E-state index in [1.165, 1.54) is 6.21 Å². The van der Waals surface area contributed by atoms with Gasteiger partial charge in [0, 0.05) is 23.6 Å². The van der Waals surface area contributed by atoms with Crippen LogP contribution >= 0.6 is 0 Å². The Bertz CT molecular complexity index is 619. The molecule has 1 aromatic carbocycles. The highest BCUT2D eigenvalue weighted by Gasteiger charge is 2.05. The van der Waals surface area contributed by atoms with Crippen LogP contribution in [0.5, 0.6) is 0 Å². The zero-order valence-corrected chi connectivity index (χ0v) is 11.2. The second kappa shape index (κ2) is 6.72. The molecule has 20 heavy (non-hydrogen) atoms. The van der Waals surface area contributed by atoms with Crippen LogP contribution in [0.2, 0.25) is 0 Å². The van der Waals surface area contributed by atoms with Crippen LogP contribution in [0, 0.1) is 0 Å². The second-order valence-electron chi connectivity index (χ2n) is 4.24. The summed E-state index contributed by atoms with van der Waals surface area (Å²) in [6.45, 7) is 2.80. The molecule has 2 aromatic rings. The van der Waals surface area contributed by atoms with Gasteiger partial charge in [-0.2, -0.15) is 10.7 Å². The molecule has 0 saturated heterocycles. The Morgan fingerprint density at radius 2 is 2.35 bits per heavy atom. The lowest BCUT2D eigenvalue weighted by Gasteiger charge is -2.05. The number of hydrogen-bond donors (Lipinski definition) is 2. The van der Waals surface area contributed by atoms with Gasteiger partial charge in [0.1, 0.15) is 0 Å². The van der Waals surface area contributed by atoms with E-state index in [0.29, 0.717) is 19.6 Å². The fourth-order valence-electron chi connectivity index (χ4n) is 2.04. The molecule has 0 aliphatic carbocycles. The van der Waals surface area contributed by atoms with Crippen LogP contribution in [0.25, 0.3) is 10.9 Å². The van der Waals surface area contributed by atoms with Crippen molar-refractivity contribution in [2.75, 3.05) is 6.61 Å². The zero-order valence-electron chi connectivity index (χ0n) is 11.2. The topological polar surface area (TPSA) is 75.9 Å². The molecule has 2 N–H and O–H groups in total. The first-order valence-corrected chi connectivity index (χ1v) is 6.41. The first-order chi connectivity index (χ1) is 9.74. The summed E-state index contributed by atoms with van der Waals surface area (Å²) >= 11 is 0. The summed E-state index contributed by atoms with van der Waals surface area (Å²) in [6, 6.07) is 7.78. The molecule has 0 atom stereocenters. The molecule has 106 valence electrons. The molecule has 0 aliphatic rings. The molecular formula is C14H17N3O3. The summed E-state index contributed by atoms with van der Waals surface area (Å²) in [6.07, 6.45) is 3.82. The van der Waals surface area contributed by atoms with E-state index in [4.69, 9.17) is 9.94 Å². The second-order valence-corrected chi connectivity index (χ2v) is 4.24. The van der Waals surface area contributed by atoms with Crippen molar-refractivity contribution in [1.29, 1.82) is 0 Å². The van der Waals surface area contributed by atoms with Gasteiger partial charge in [0.15, 0.2) is 0 Å². The average molecular weight is 275 g/mol. The van der Waals surface area contributed by atoms with E-state index >= 15 is 0 Å². The number of hydrogen-bond acceptors (Lipinski definition) is 5. The van der Waals surface area contributed by atoms with Crippen molar-refractivity contribution >= 4 is 23.1 Å². The number of aromatic nitrogens is 1. The largest absolute Gasteiger partial charge is 0.466 e. The van der Waals surface area contributed by atoms with E-state index in [1.54, 1.807) is 12.5 Å². The number of rotatable bonds is 6. The Hall–Kier alpha value is -2.34. The van der Waals surface area contributed by atoms with Crippen molar-refractivity contribution in [3.63, 3.8) is 0 Å². The van der Waals surface area contributed by atoms with Crippen molar-refractivity contribution in [1.82, 2.24) is 10.2 Å². The minimum Gasteiger partial charge on any atom is -0.466 e. The third kappa shape index (κ3) is 3.36. The number of hydrazone groups is 1. The number of nitrogens with one attached hydrogen (secondary N) is 1. The lowest BCUT2D eigenvalue weighted by atomic mass is 10.2. The van der Waals surface area contributed by atoms with Gasteiger partial charge in [0.2, 0.25) is 0 Å². The number of ether oxygens (including phenoxy) is 1. The summed E-state index contributed by atoms with van der Waals surface area (Å²) < 4.78 is 6.93. The van der Waals surface area contributed by atoms with Crippen molar-refractivity contribution < 1.29 is 14.7 Å². The number of aryl methyl sites for hydroxylation is 1. The van der Waals surface area contributed by atoms with Crippen LogP contribution in [-0.4, -0.2) is 28.6 Å². The van der Waals surface area contributed by atoms with Gasteiger partial charge in [-0.3, -0.25) is 10.0 Å². The molecule has 6 nitrogen and oxygen atoms in total. The van der Waals surface area contributed by atoms with Gasteiger partial charge in [0.25, 0.3) is 0 Å². The minimum absolute atomic E-state index is 0.188. The van der Waals surface area contributed by atoms with E-state index in [1.807, 2.05) is 35.0 Å². The summed E-state index contributed by atoms with van der Waals surface area (Å²) in [7, 11) is 0. The monoisotopic (exact) mass is 275 g/mol. The molecular weight excluding hydrogens is 258 g/mol. The first kappa shape index (κ1) is 14.1. The zero-order chi connectivity index (χ0) is 14.4.